The van der Waals surface area contributed by atoms with Gasteiger partial charge in [0.2, 0.25) is 0 Å². The van der Waals surface area contributed by atoms with Crippen LogP contribution in [0.1, 0.15) is 35.2 Å². The third kappa shape index (κ3) is 5.24. The van der Waals surface area contributed by atoms with E-state index in [0.717, 1.165) is 44.6 Å². The van der Waals surface area contributed by atoms with Gasteiger partial charge in [0.15, 0.2) is 0 Å². The van der Waals surface area contributed by atoms with E-state index in [1.165, 1.54) is 18.2 Å². The Morgan fingerprint density at radius 2 is 1.77 bits per heavy atom. The predicted octanol–water partition coefficient (Wildman–Crippen LogP) is 4.94. The minimum atomic E-state index is -4.65. The van der Waals surface area contributed by atoms with Crippen LogP contribution in [-0.4, -0.2) is 34.6 Å². The van der Waals surface area contributed by atoms with Gasteiger partial charge in [-0.25, -0.2) is 13.2 Å². The number of sulfonamides is 1. The molecule has 6 nitrogen and oxygen atoms in total. The molecule has 3 rings (SSSR count). The van der Waals surface area contributed by atoms with Crippen LogP contribution in [0.3, 0.4) is 0 Å². The number of anilines is 2. The molecule has 1 saturated heterocycles. The predicted molar refractivity (Wildman–Crippen MR) is 111 cm³/mol. The first-order chi connectivity index (χ1) is 14.5. The molecule has 1 N–H and O–H groups in total. The number of benzene rings is 2. The Bertz CT molecular complexity index is 1080. The maximum absolute atomic E-state index is 13.3. The highest BCUT2D eigenvalue weighted by Gasteiger charge is 2.32. The van der Waals surface area contributed by atoms with Crippen molar-refractivity contribution >= 4 is 39.0 Å². The quantitative estimate of drug-likeness (QED) is 0.619. The van der Waals surface area contributed by atoms with Crippen LogP contribution in [0.25, 0.3) is 0 Å². The van der Waals surface area contributed by atoms with Crippen molar-refractivity contribution in [1.82, 2.24) is 0 Å². The second kappa shape index (κ2) is 8.96. The Morgan fingerprint density at radius 1 is 1.10 bits per heavy atom. The Hall–Kier alpha value is -2.46. The van der Waals surface area contributed by atoms with E-state index in [2.05, 4.69) is 9.46 Å². The van der Waals surface area contributed by atoms with E-state index in [0.29, 0.717) is 18.8 Å². The van der Waals surface area contributed by atoms with Crippen LogP contribution >= 0.6 is 11.6 Å². The molecular formula is C20H20ClF3N2O4S. The maximum Gasteiger partial charge on any atom is 0.416 e. The number of nitrogens with one attached hydrogen (secondary N) is 1. The number of hydrogen-bond acceptors (Lipinski definition) is 5. The molecule has 0 saturated carbocycles. The van der Waals surface area contributed by atoms with Crippen LogP contribution in [0.2, 0.25) is 5.02 Å². The fourth-order valence-corrected chi connectivity index (χ4v) is 4.95. The van der Waals surface area contributed by atoms with Gasteiger partial charge in [0, 0.05) is 13.1 Å². The largest absolute Gasteiger partial charge is 0.465 e. The van der Waals surface area contributed by atoms with Gasteiger partial charge in [-0.3, -0.25) is 4.72 Å². The molecule has 0 unspecified atom stereocenters. The molecule has 0 bridgehead atoms. The van der Waals surface area contributed by atoms with Gasteiger partial charge in [-0.1, -0.05) is 11.6 Å². The topological polar surface area (TPSA) is 75.7 Å². The number of rotatable bonds is 5. The lowest BCUT2D eigenvalue weighted by Crippen LogP contribution is -2.30. The highest BCUT2D eigenvalue weighted by Crippen LogP contribution is 2.37. The molecule has 168 valence electrons. The number of halogens is 4. The van der Waals surface area contributed by atoms with E-state index in [1.807, 2.05) is 4.90 Å². The molecule has 31 heavy (non-hydrogen) atoms. The van der Waals surface area contributed by atoms with Gasteiger partial charge in [-0.15, -0.1) is 0 Å². The van der Waals surface area contributed by atoms with Crippen LogP contribution in [0.15, 0.2) is 41.3 Å². The first-order valence-corrected chi connectivity index (χ1v) is 11.3. The van der Waals surface area contributed by atoms with Gasteiger partial charge in [-0.2, -0.15) is 13.2 Å². The third-order valence-corrected chi connectivity index (χ3v) is 6.75. The Balaban J connectivity index is 2.06. The lowest BCUT2D eigenvalue weighted by atomic mass is 10.1. The molecule has 1 aliphatic heterocycles. The summed E-state index contributed by atoms with van der Waals surface area (Å²) in [6.45, 7) is 1.19. The zero-order valence-electron chi connectivity index (χ0n) is 16.5. The summed E-state index contributed by atoms with van der Waals surface area (Å²) in [5.41, 5.74) is -0.916. The molecule has 0 aliphatic carbocycles. The van der Waals surface area contributed by atoms with Gasteiger partial charge in [0.05, 0.1) is 34.6 Å². The van der Waals surface area contributed by atoms with Crippen molar-refractivity contribution in [2.45, 2.75) is 30.3 Å². The number of alkyl halides is 3. The first-order valence-electron chi connectivity index (χ1n) is 9.40. The standard InChI is InChI=1S/C20H20ClF3N2O4S/c1-30-19(27)13-5-7-15(21)18(11-13)31(28,29)25-16-12-14(20(22,23)24)6-8-17(16)26-9-3-2-4-10-26/h5-8,11-12,25H,2-4,9-10H2,1H3. The van der Waals surface area contributed by atoms with Crippen LogP contribution in [0.5, 0.6) is 0 Å². The molecule has 1 fully saturated rings. The fraction of sp³-hybridized carbons (Fsp3) is 0.350. The Kier molecular flexibility index (Phi) is 6.70. The molecule has 0 amide bonds. The van der Waals surface area contributed by atoms with Crippen molar-refractivity contribution in [3.05, 3.63) is 52.5 Å². The minimum absolute atomic E-state index is 0.0624. The van der Waals surface area contributed by atoms with Crippen LogP contribution < -0.4 is 9.62 Å². The molecule has 1 aliphatic rings. The van der Waals surface area contributed by atoms with E-state index in [1.54, 1.807) is 0 Å². The molecule has 0 atom stereocenters. The smallest absolute Gasteiger partial charge is 0.416 e. The summed E-state index contributed by atoms with van der Waals surface area (Å²) in [6.07, 6.45) is -1.96. The van der Waals surface area contributed by atoms with E-state index >= 15 is 0 Å². The average molecular weight is 477 g/mol. The van der Waals surface area contributed by atoms with E-state index < -0.39 is 32.6 Å². The first kappa shape index (κ1) is 23.2. The molecule has 2 aromatic carbocycles. The van der Waals surface area contributed by atoms with E-state index in [4.69, 9.17) is 11.6 Å². The number of nitrogens with zero attached hydrogens (tertiary/aromatic N) is 1. The van der Waals surface area contributed by atoms with Gasteiger partial charge in [-0.05, 0) is 55.7 Å². The normalized spacial score (nSPS) is 14.9. The van der Waals surface area contributed by atoms with Crippen molar-refractivity contribution < 1.29 is 31.1 Å². The summed E-state index contributed by atoms with van der Waals surface area (Å²) in [5, 5.41) is -0.188. The number of hydrogen-bond donors (Lipinski definition) is 1. The van der Waals surface area contributed by atoms with Gasteiger partial charge >= 0.3 is 12.1 Å². The van der Waals surface area contributed by atoms with Gasteiger partial charge in [0.1, 0.15) is 4.90 Å². The van der Waals surface area contributed by atoms with Gasteiger partial charge in [0.25, 0.3) is 10.0 Å². The summed E-state index contributed by atoms with van der Waals surface area (Å²) in [7, 11) is -3.28. The second-order valence-electron chi connectivity index (χ2n) is 7.02. The highest BCUT2D eigenvalue weighted by molar-refractivity contribution is 7.92. The number of carbonyl (C=O) groups is 1. The summed E-state index contributed by atoms with van der Waals surface area (Å²) in [6, 6.07) is 6.46. The highest BCUT2D eigenvalue weighted by atomic mass is 35.5. The summed E-state index contributed by atoms with van der Waals surface area (Å²) < 4.78 is 72.7. The Labute approximate surface area is 183 Å². The number of ether oxygens (including phenoxy) is 1. The molecule has 0 spiro atoms. The van der Waals surface area contributed by atoms with Crippen molar-refractivity contribution in [1.29, 1.82) is 0 Å². The minimum Gasteiger partial charge on any atom is -0.465 e. The molecule has 0 aromatic heterocycles. The van der Waals surface area contributed by atoms with Crippen molar-refractivity contribution in [2.75, 3.05) is 29.8 Å². The zero-order chi connectivity index (χ0) is 22.8. The fourth-order valence-electron chi connectivity index (χ4n) is 3.36. The monoisotopic (exact) mass is 476 g/mol. The van der Waals surface area contributed by atoms with Crippen LogP contribution in [0.4, 0.5) is 24.5 Å². The number of carbonyl (C=O) groups excluding carboxylic acids is 1. The average Bonchev–Trinajstić information content (AvgIpc) is 2.73. The van der Waals surface area contributed by atoms with Gasteiger partial charge < -0.3 is 9.64 Å². The second-order valence-corrected chi connectivity index (χ2v) is 9.08. The summed E-state index contributed by atoms with van der Waals surface area (Å²) in [4.78, 5) is 13.2. The molecule has 11 heteroatoms. The van der Waals surface area contributed by atoms with Crippen molar-refractivity contribution in [3.8, 4) is 0 Å². The number of methoxy groups -OCH3 is 1. The molecule has 1 heterocycles. The number of piperidine rings is 1. The SMILES string of the molecule is COC(=O)c1ccc(Cl)c(S(=O)(=O)Nc2cc(C(F)(F)F)ccc2N2CCCCC2)c1. The zero-order valence-corrected chi connectivity index (χ0v) is 18.1. The molecule has 0 radical (unpaired) electrons. The van der Waals surface area contributed by atoms with Crippen molar-refractivity contribution in [2.24, 2.45) is 0 Å². The van der Waals surface area contributed by atoms with Crippen molar-refractivity contribution in [3.63, 3.8) is 0 Å². The summed E-state index contributed by atoms with van der Waals surface area (Å²) in [5.74, 6) is -0.777. The third-order valence-electron chi connectivity index (χ3n) is 4.91. The van der Waals surface area contributed by atoms with Crippen LogP contribution in [0, 0.1) is 0 Å². The summed E-state index contributed by atoms with van der Waals surface area (Å²) >= 11 is 6.03. The maximum atomic E-state index is 13.3. The lowest BCUT2D eigenvalue weighted by Gasteiger charge is -2.31. The van der Waals surface area contributed by atoms with E-state index in [9.17, 15) is 26.4 Å². The van der Waals surface area contributed by atoms with Crippen LogP contribution in [-0.2, 0) is 20.9 Å². The molecular weight excluding hydrogens is 457 g/mol. The lowest BCUT2D eigenvalue weighted by molar-refractivity contribution is -0.137. The number of esters is 1. The van der Waals surface area contributed by atoms with E-state index in [-0.39, 0.29) is 16.3 Å². The molecule has 2 aromatic rings. The Morgan fingerprint density at radius 3 is 2.39 bits per heavy atom.